The SMILES string of the molecule is COc1cc(Br)c(CCNCc2ccccc2)cc1O. The van der Waals surface area contributed by atoms with Crippen molar-refractivity contribution in [2.24, 2.45) is 0 Å². The van der Waals surface area contributed by atoms with Crippen LogP contribution in [0.15, 0.2) is 46.9 Å². The van der Waals surface area contributed by atoms with E-state index in [-0.39, 0.29) is 5.75 Å². The number of nitrogens with one attached hydrogen (secondary N) is 1. The van der Waals surface area contributed by atoms with E-state index in [1.165, 1.54) is 5.56 Å². The number of aromatic hydroxyl groups is 1. The molecule has 0 saturated carbocycles. The van der Waals surface area contributed by atoms with Crippen molar-refractivity contribution in [3.63, 3.8) is 0 Å². The maximum absolute atomic E-state index is 9.78. The van der Waals surface area contributed by atoms with Gasteiger partial charge in [0.2, 0.25) is 0 Å². The van der Waals surface area contributed by atoms with Crippen molar-refractivity contribution < 1.29 is 9.84 Å². The molecule has 0 bridgehead atoms. The Morgan fingerprint density at radius 2 is 1.95 bits per heavy atom. The number of rotatable bonds is 6. The number of phenols is 1. The standard InChI is InChI=1S/C16H18BrNO2/c1-20-16-10-14(17)13(9-15(16)19)7-8-18-11-12-5-3-2-4-6-12/h2-6,9-10,18-19H,7-8,11H2,1H3. The van der Waals surface area contributed by atoms with Crippen LogP contribution >= 0.6 is 15.9 Å². The van der Waals surface area contributed by atoms with Gasteiger partial charge in [0, 0.05) is 11.0 Å². The van der Waals surface area contributed by atoms with Crippen LogP contribution in [-0.2, 0) is 13.0 Å². The van der Waals surface area contributed by atoms with Crippen molar-refractivity contribution in [1.82, 2.24) is 5.32 Å². The van der Waals surface area contributed by atoms with Gasteiger partial charge in [0.05, 0.1) is 7.11 Å². The Morgan fingerprint density at radius 3 is 2.65 bits per heavy atom. The molecule has 20 heavy (non-hydrogen) atoms. The smallest absolute Gasteiger partial charge is 0.161 e. The van der Waals surface area contributed by atoms with E-state index in [0.717, 1.165) is 29.5 Å². The summed E-state index contributed by atoms with van der Waals surface area (Å²) < 4.78 is 6.02. The third-order valence-electron chi connectivity index (χ3n) is 3.09. The average molecular weight is 336 g/mol. The molecule has 0 saturated heterocycles. The van der Waals surface area contributed by atoms with E-state index in [9.17, 15) is 5.11 Å². The lowest BCUT2D eigenvalue weighted by Crippen LogP contribution is -2.16. The summed E-state index contributed by atoms with van der Waals surface area (Å²) in [4.78, 5) is 0. The summed E-state index contributed by atoms with van der Waals surface area (Å²) in [5.41, 5.74) is 2.33. The molecule has 0 aliphatic carbocycles. The van der Waals surface area contributed by atoms with Crippen LogP contribution in [0, 0.1) is 0 Å². The molecule has 2 aromatic rings. The highest BCUT2D eigenvalue weighted by Crippen LogP contribution is 2.32. The lowest BCUT2D eigenvalue weighted by molar-refractivity contribution is 0.372. The number of phenolic OH excluding ortho intramolecular Hbond substituents is 1. The third kappa shape index (κ3) is 3.99. The summed E-state index contributed by atoms with van der Waals surface area (Å²) in [5.74, 6) is 0.659. The minimum atomic E-state index is 0.175. The van der Waals surface area contributed by atoms with E-state index < -0.39 is 0 Å². The Labute approximate surface area is 127 Å². The molecular weight excluding hydrogens is 318 g/mol. The molecule has 0 radical (unpaired) electrons. The van der Waals surface area contributed by atoms with Crippen LogP contribution in [0.1, 0.15) is 11.1 Å². The summed E-state index contributed by atoms with van der Waals surface area (Å²) in [6, 6.07) is 13.8. The highest BCUT2D eigenvalue weighted by Gasteiger charge is 2.07. The monoisotopic (exact) mass is 335 g/mol. The van der Waals surface area contributed by atoms with E-state index >= 15 is 0 Å². The highest BCUT2D eigenvalue weighted by atomic mass is 79.9. The molecule has 0 amide bonds. The molecule has 0 heterocycles. The molecule has 0 aliphatic rings. The Kier molecular flexibility index (Phi) is 5.44. The minimum absolute atomic E-state index is 0.175. The van der Waals surface area contributed by atoms with Crippen LogP contribution in [0.5, 0.6) is 11.5 Å². The molecule has 0 aromatic heterocycles. The zero-order valence-electron chi connectivity index (χ0n) is 11.4. The van der Waals surface area contributed by atoms with Gasteiger partial charge < -0.3 is 15.2 Å². The molecular formula is C16H18BrNO2. The number of ether oxygens (including phenoxy) is 1. The topological polar surface area (TPSA) is 41.5 Å². The first kappa shape index (κ1) is 14.9. The van der Waals surface area contributed by atoms with Gasteiger partial charge in [-0.25, -0.2) is 0 Å². The van der Waals surface area contributed by atoms with Crippen molar-refractivity contribution in [2.75, 3.05) is 13.7 Å². The van der Waals surface area contributed by atoms with Gasteiger partial charge in [0.15, 0.2) is 11.5 Å². The number of hydrogen-bond donors (Lipinski definition) is 2. The highest BCUT2D eigenvalue weighted by molar-refractivity contribution is 9.10. The van der Waals surface area contributed by atoms with Gasteiger partial charge in [0.25, 0.3) is 0 Å². The van der Waals surface area contributed by atoms with E-state index in [0.29, 0.717) is 5.75 Å². The Bertz CT molecular complexity index is 558. The number of methoxy groups -OCH3 is 1. The minimum Gasteiger partial charge on any atom is -0.504 e. The first-order valence-corrected chi connectivity index (χ1v) is 7.30. The first-order chi connectivity index (χ1) is 9.70. The molecule has 3 nitrogen and oxygen atoms in total. The van der Waals surface area contributed by atoms with Crippen LogP contribution < -0.4 is 10.1 Å². The summed E-state index contributed by atoms with van der Waals surface area (Å²) in [6.45, 7) is 1.69. The van der Waals surface area contributed by atoms with Crippen molar-refractivity contribution >= 4 is 15.9 Å². The predicted molar refractivity (Wildman–Crippen MR) is 84.2 cm³/mol. The molecule has 0 unspecified atom stereocenters. The summed E-state index contributed by atoms with van der Waals surface area (Å²) in [5, 5.41) is 13.2. The fraction of sp³-hybridized carbons (Fsp3) is 0.250. The van der Waals surface area contributed by atoms with Crippen LogP contribution in [0.4, 0.5) is 0 Å². The van der Waals surface area contributed by atoms with Crippen LogP contribution in [0.2, 0.25) is 0 Å². The first-order valence-electron chi connectivity index (χ1n) is 6.50. The summed E-state index contributed by atoms with van der Waals surface area (Å²) in [7, 11) is 1.54. The van der Waals surface area contributed by atoms with E-state index in [1.54, 1.807) is 19.2 Å². The molecule has 0 fully saturated rings. The van der Waals surface area contributed by atoms with Crippen molar-refractivity contribution in [3.8, 4) is 11.5 Å². The molecule has 106 valence electrons. The second kappa shape index (κ2) is 7.31. The second-order valence-corrected chi connectivity index (χ2v) is 5.38. The zero-order chi connectivity index (χ0) is 14.4. The lowest BCUT2D eigenvalue weighted by atomic mass is 10.1. The summed E-state index contributed by atoms with van der Waals surface area (Å²) >= 11 is 3.50. The number of halogens is 1. The molecule has 0 atom stereocenters. The predicted octanol–water partition coefficient (Wildman–Crippen LogP) is 3.50. The van der Waals surface area contributed by atoms with Crippen molar-refractivity contribution in [1.29, 1.82) is 0 Å². The molecule has 0 aliphatic heterocycles. The van der Waals surface area contributed by atoms with Gasteiger partial charge in [-0.1, -0.05) is 46.3 Å². The quantitative estimate of drug-likeness (QED) is 0.794. The lowest BCUT2D eigenvalue weighted by Gasteiger charge is -2.10. The average Bonchev–Trinajstić information content (AvgIpc) is 2.47. The molecule has 4 heteroatoms. The Balaban J connectivity index is 1.87. The normalized spacial score (nSPS) is 10.5. The van der Waals surface area contributed by atoms with Crippen molar-refractivity contribution in [2.45, 2.75) is 13.0 Å². The van der Waals surface area contributed by atoms with E-state index in [1.807, 2.05) is 18.2 Å². The van der Waals surface area contributed by atoms with Gasteiger partial charge in [-0.15, -0.1) is 0 Å². The fourth-order valence-electron chi connectivity index (χ4n) is 1.99. The fourth-order valence-corrected chi connectivity index (χ4v) is 2.51. The van der Waals surface area contributed by atoms with Gasteiger partial charge in [-0.05, 0) is 36.2 Å². The molecule has 2 rings (SSSR count). The maximum atomic E-state index is 9.78. The van der Waals surface area contributed by atoms with Gasteiger partial charge in [0.1, 0.15) is 0 Å². The molecule has 2 N–H and O–H groups in total. The second-order valence-electron chi connectivity index (χ2n) is 4.53. The van der Waals surface area contributed by atoms with Gasteiger partial charge in [-0.2, -0.15) is 0 Å². The zero-order valence-corrected chi connectivity index (χ0v) is 13.0. The van der Waals surface area contributed by atoms with E-state index in [4.69, 9.17) is 4.74 Å². The van der Waals surface area contributed by atoms with Crippen molar-refractivity contribution in [3.05, 3.63) is 58.1 Å². The van der Waals surface area contributed by atoms with E-state index in [2.05, 4.69) is 33.4 Å². The largest absolute Gasteiger partial charge is 0.504 e. The van der Waals surface area contributed by atoms with Gasteiger partial charge in [-0.3, -0.25) is 0 Å². The van der Waals surface area contributed by atoms with Gasteiger partial charge >= 0.3 is 0 Å². The van der Waals surface area contributed by atoms with Crippen LogP contribution in [0.25, 0.3) is 0 Å². The molecule has 2 aromatic carbocycles. The Morgan fingerprint density at radius 1 is 1.20 bits per heavy atom. The van der Waals surface area contributed by atoms with Crippen LogP contribution in [0.3, 0.4) is 0 Å². The molecule has 0 spiro atoms. The third-order valence-corrected chi connectivity index (χ3v) is 3.83. The number of hydrogen-bond acceptors (Lipinski definition) is 3. The maximum Gasteiger partial charge on any atom is 0.161 e. The Hall–Kier alpha value is -1.52. The number of benzene rings is 2. The van der Waals surface area contributed by atoms with Crippen LogP contribution in [-0.4, -0.2) is 18.8 Å². The summed E-state index contributed by atoms with van der Waals surface area (Å²) in [6.07, 6.45) is 0.838.